The van der Waals surface area contributed by atoms with Gasteiger partial charge in [0.05, 0.1) is 7.18 Å². The molecule has 15 heavy (non-hydrogen) atoms. The van der Waals surface area contributed by atoms with Crippen molar-refractivity contribution >= 4 is 0 Å². The number of hydrogen-bond acceptors (Lipinski definition) is 1. The number of hydrogen-bond donors (Lipinski definition) is 1. The van der Waals surface area contributed by atoms with Crippen LogP contribution in [0.15, 0.2) is 30.3 Å². The molecule has 1 aliphatic rings. The maximum Gasteiger partial charge on any atom is 0.123 e. The largest absolute Gasteiger partial charge is 0.317 e. The molecular formula is C12H19F2N. The molecule has 0 radical (unpaired) electrons. The minimum absolute atomic E-state index is 0.178. The molecule has 0 saturated carbocycles. The van der Waals surface area contributed by atoms with Gasteiger partial charge in [0.2, 0.25) is 0 Å². The van der Waals surface area contributed by atoms with Gasteiger partial charge in [-0.15, -0.1) is 0 Å². The molecule has 1 nitrogen and oxygen atoms in total. The van der Waals surface area contributed by atoms with Crippen LogP contribution in [-0.4, -0.2) is 20.3 Å². The molecule has 2 rings (SSSR count). The lowest BCUT2D eigenvalue weighted by Crippen LogP contribution is -2.21. The summed E-state index contributed by atoms with van der Waals surface area (Å²) in [5, 5.41) is 3.28. The van der Waals surface area contributed by atoms with Crippen molar-refractivity contribution in [1.29, 1.82) is 0 Å². The summed E-state index contributed by atoms with van der Waals surface area (Å²) >= 11 is 0. The number of halogens is 2. The van der Waals surface area contributed by atoms with E-state index in [0.29, 0.717) is 7.18 Å². The summed E-state index contributed by atoms with van der Waals surface area (Å²) in [5.74, 6) is -0.178. The maximum atomic E-state index is 11.9. The van der Waals surface area contributed by atoms with Crippen LogP contribution in [0.3, 0.4) is 0 Å². The van der Waals surface area contributed by atoms with E-state index in [9.17, 15) is 8.78 Å². The summed E-state index contributed by atoms with van der Waals surface area (Å²) in [6.07, 6.45) is 4.22. The Kier molecular flexibility index (Phi) is 10.4. The third-order valence-corrected chi connectivity index (χ3v) is 1.94. The van der Waals surface area contributed by atoms with E-state index >= 15 is 0 Å². The van der Waals surface area contributed by atoms with Crippen LogP contribution >= 0.6 is 0 Å². The standard InChI is InChI=1S/C6H5F.C5H11N.CH3F/c7-6-4-2-1-3-5-6;1-2-4-6-5-3-1;1-2/h1-5H;6H,1-5H2;1H3. The topological polar surface area (TPSA) is 12.0 Å². The molecule has 0 bridgehead atoms. The first-order valence-corrected chi connectivity index (χ1v) is 5.18. The molecule has 0 amide bonds. The van der Waals surface area contributed by atoms with E-state index < -0.39 is 0 Å². The monoisotopic (exact) mass is 215 g/mol. The van der Waals surface area contributed by atoms with Crippen LogP contribution in [0.25, 0.3) is 0 Å². The predicted octanol–water partition coefficient (Wildman–Crippen LogP) is 3.17. The summed E-state index contributed by atoms with van der Waals surface area (Å²) in [6, 6.07) is 7.94. The van der Waals surface area contributed by atoms with Gasteiger partial charge < -0.3 is 5.32 Å². The molecule has 3 heteroatoms. The summed E-state index contributed by atoms with van der Waals surface area (Å²) < 4.78 is 21.4. The van der Waals surface area contributed by atoms with E-state index in [4.69, 9.17) is 0 Å². The Hall–Kier alpha value is -0.960. The first-order chi connectivity index (χ1) is 7.39. The summed E-state index contributed by atoms with van der Waals surface area (Å²) in [4.78, 5) is 0. The lowest BCUT2D eigenvalue weighted by molar-refractivity contribution is 0.520. The van der Waals surface area contributed by atoms with Gasteiger partial charge in [0.25, 0.3) is 0 Å². The molecule has 0 spiro atoms. The Bertz CT molecular complexity index is 199. The van der Waals surface area contributed by atoms with E-state index in [1.807, 2.05) is 0 Å². The zero-order chi connectivity index (χ0) is 11.4. The Morgan fingerprint density at radius 3 is 1.67 bits per heavy atom. The van der Waals surface area contributed by atoms with Gasteiger partial charge in [0, 0.05) is 0 Å². The zero-order valence-electron chi connectivity index (χ0n) is 9.18. The average molecular weight is 215 g/mol. The van der Waals surface area contributed by atoms with Crippen LogP contribution in [0.4, 0.5) is 8.78 Å². The molecule has 1 saturated heterocycles. The van der Waals surface area contributed by atoms with Gasteiger partial charge in [-0.3, -0.25) is 4.39 Å². The third kappa shape index (κ3) is 9.35. The summed E-state index contributed by atoms with van der Waals surface area (Å²) in [7, 11) is 0.500. The number of piperidine rings is 1. The molecule has 1 N–H and O–H groups in total. The van der Waals surface area contributed by atoms with Gasteiger partial charge in [-0.05, 0) is 38.1 Å². The molecule has 0 unspecified atom stereocenters. The lowest BCUT2D eigenvalue weighted by atomic mass is 10.2. The predicted molar refractivity (Wildman–Crippen MR) is 60.2 cm³/mol. The van der Waals surface area contributed by atoms with Gasteiger partial charge in [-0.2, -0.15) is 0 Å². The van der Waals surface area contributed by atoms with Crippen LogP contribution in [-0.2, 0) is 0 Å². The number of benzene rings is 1. The highest BCUT2D eigenvalue weighted by Gasteiger charge is 1.93. The average Bonchev–Trinajstić information content (AvgIpc) is 2.36. The molecule has 0 aliphatic carbocycles. The Balaban J connectivity index is 0.000000227. The van der Waals surface area contributed by atoms with Gasteiger partial charge in [0.15, 0.2) is 0 Å². The molecule has 1 aromatic carbocycles. The zero-order valence-corrected chi connectivity index (χ0v) is 9.18. The fourth-order valence-corrected chi connectivity index (χ4v) is 1.22. The summed E-state index contributed by atoms with van der Waals surface area (Å²) in [5.41, 5.74) is 0. The van der Waals surface area contributed by atoms with E-state index in [-0.39, 0.29) is 5.82 Å². The second kappa shape index (κ2) is 11.1. The quantitative estimate of drug-likeness (QED) is 0.701. The van der Waals surface area contributed by atoms with Crippen molar-refractivity contribution in [2.45, 2.75) is 19.3 Å². The second-order valence-corrected chi connectivity index (χ2v) is 3.11. The first kappa shape index (κ1) is 14.0. The molecule has 1 heterocycles. The van der Waals surface area contributed by atoms with Gasteiger partial charge in [0.1, 0.15) is 5.82 Å². The van der Waals surface area contributed by atoms with E-state index in [2.05, 4.69) is 5.32 Å². The fourth-order valence-electron chi connectivity index (χ4n) is 1.22. The van der Waals surface area contributed by atoms with Crippen molar-refractivity contribution in [3.63, 3.8) is 0 Å². The smallest absolute Gasteiger partial charge is 0.123 e. The van der Waals surface area contributed by atoms with Crippen molar-refractivity contribution in [2.75, 3.05) is 20.3 Å². The van der Waals surface area contributed by atoms with E-state index in [0.717, 1.165) is 0 Å². The normalized spacial score (nSPS) is 14.1. The molecule has 0 aromatic heterocycles. The molecule has 1 fully saturated rings. The van der Waals surface area contributed by atoms with E-state index in [1.54, 1.807) is 18.2 Å². The Morgan fingerprint density at radius 1 is 0.933 bits per heavy atom. The van der Waals surface area contributed by atoms with Crippen LogP contribution in [0.1, 0.15) is 19.3 Å². The van der Waals surface area contributed by atoms with Gasteiger partial charge in [-0.25, -0.2) is 4.39 Å². The van der Waals surface area contributed by atoms with Crippen molar-refractivity contribution in [2.24, 2.45) is 0 Å². The Labute approximate surface area is 90.5 Å². The highest BCUT2D eigenvalue weighted by Crippen LogP contribution is 1.96. The molecular weight excluding hydrogens is 196 g/mol. The minimum atomic E-state index is -0.178. The van der Waals surface area contributed by atoms with Crippen molar-refractivity contribution in [3.8, 4) is 0 Å². The van der Waals surface area contributed by atoms with Crippen molar-refractivity contribution < 1.29 is 8.78 Å². The van der Waals surface area contributed by atoms with Crippen LogP contribution in [0, 0.1) is 5.82 Å². The molecule has 1 aromatic rings. The number of rotatable bonds is 0. The second-order valence-electron chi connectivity index (χ2n) is 3.11. The first-order valence-electron chi connectivity index (χ1n) is 5.18. The van der Waals surface area contributed by atoms with Crippen LogP contribution < -0.4 is 5.32 Å². The lowest BCUT2D eigenvalue weighted by Gasteiger charge is -2.08. The van der Waals surface area contributed by atoms with Gasteiger partial charge in [-0.1, -0.05) is 24.6 Å². The van der Waals surface area contributed by atoms with Crippen molar-refractivity contribution in [1.82, 2.24) is 5.32 Å². The molecule has 0 atom stereocenters. The minimum Gasteiger partial charge on any atom is -0.317 e. The highest BCUT2D eigenvalue weighted by atomic mass is 19.1. The van der Waals surface area contributed by atoms with Crippen LogP contribution in [0.2, 0.25) is 0 Å². The molecule has 86 valence electrons. The van der Waals surface area contributed by atoms with E-state index in [1.165, 1.54) is 44.5 Å². The number of nitrogens with one attached hydrogen (secondary N) is 1. The summed E-state index contributed by atoms with van der Waals surface area (Å²) in [6.45, 7) is 2.50. The fraction of sp³-hybridized carbons (Fsp3) is 0.500. The van der Waals surface area contributed by atoms with Crippen molar-refractivity contribution in [3.05, 3.63) is 36.1 Å². The third-order valence-electron chi connectivity index (χ3n) is 1.94. The SMILES string of the molecule is C1CCNCC1.CF.Fc1ccccc1. The van der Waals surface area contributed by atoms with Crippen LogP contribution in [0.5, 0.6) is 0 Å². The van der Waals surface area contributed by atoms with Gasteiger partial charge >= 0.3 is 0 Å². The highest BCUT2D eigenvalue weighted by molar-refractivity contribution is 5.02. The Morgan fingerprint density at radius 2 is 1.47 bits per heavy atom. The maximum absolute atomic E-state index is 11.9. The molecule has 1 aliphatic heterocycles. The number of alkyl halides is 1.